The van der Waals surface area contributed by atoms with Gasteiger partial charge in [-0.05, 0) is 37.2 Å². The highest BCUT2D eigenvalue weighted by molar-refractivity contribution is 5.33. The Hall–Kier alpha value is -2.12. The Kier molecular flexibility index (Phi) is 6.11. The van der Waals surface area contributed by atoms with Crippen molar-refractivity contribution in [3.05, 3.63) is 59.9 Å². The van der Waals surface area contributed by atoms with Gasteiger partial charge in [0.1, 0.15) is 5.75 Å². The molecule has 1 aliphatic heterocycles. The molecule has 1 saturated heterocycles. The van der Waals surface area contributed by atoms with Crippen LogP contribution in [0.5, 0.6) is 5.75 Å². The van der Waals surface area contributed by atoms with Crippen molar-refractivity contribution in [3.63, 3.8) is 0 Å². The van der Waals surface area contributed by atoms with Crippen molar-refractivity contribution in [1.82, 2.24) is 14.8 Å². The van der Waals surface area contributed by atoms with E-state index in [1.54, 1.807) is 24.4 Å². The zero-order valence-electron chi connectivity index (χ0n) is 14.5. The van der Waals surface area contributed by atoms with Crippen molar-refractivity contribution in [2.45, 2.75) is 25.9 Å². The van der Waals surface area contributed by atoms with Crippen LogP contribution in [0.1, 0.15) is 17.5 Å². The van der Waals surface area contributed by atoms with E-state index in [1.165, 1.54) is 11.6 Å². The maximum Gasteiger partial charge on any atom is 0.573 e. The summed E-state index contributed by atoms with van der Waals surface area (Å²) in [5.74, 6) is -0.114. The molecule has 1 aromatic heterocycles. The lowest BCUT2D eigenvalue weighted by Gasteiger charge is -2.23. The molecule has 0 saturated carbocycles. The molecule has 3 rings (SSSR count). The fraction of sp³-hybridized carbons (Fsp3) is 0.421. The zero-order chi connectivity index (χ0) is 18.4. The van der Waals surface area contributed by atoms with E-state index in [0.29, 0.717) is 12.1 Å². The van der Waals surface area contributed by atoms with Gasteiger partial charge in [0, 0.05) is 44.1 Å². The number of ether oxygens (including phenoxy) is 1. The van der Waals surface area contributed by atoms with E-state index in [-0.39, 0.29) is 5.75 Å². The van der Waals surface area contributed by atoms with Crippen molar-refractivity contribution >= 4 is 0 Å². The summed E-state index contributed by atoms with van der Waals surface area (Å²) in [7, 11) is 0. The van der Waals surface area contributed by atoms with Gasteiger partial charge in [-0.15, -0.1) is 13.2 Å². The summed E-state index contributed by atoms with van der Waals surface area (Å²) < 4.78 is 41.9. The lowest BCUT2D eigenvalue weighted by molar-refractivity contribution is -0.275. The second kappa shape index (κ2) is 8.51. The highest BCUT2D eigenvalue weighted by Crippen LogP contribution is 2.27. The van der Waals surface area contributed by atoms with Gasteiger partial charge in [-0.3, -0.25) is 14.8 Å². The maximum absolute atomic E-state index is 12.6. The van der Waals surface area contributed by atoms with Gasteiger partial charge in [0.05, 0.1) is 0 Å². The minimum atomic E-state index is -4.67. The number of aromatic nitrogens is 1. The minimum Gasteiger partial charge on any atom is -0.405 e. The number of para-hydroxylation sites is 1. The summed E-state index contributed by atoms with van der Waals surface area (Å²) in [6, 6.07) is 10.3. The van der Waals surface area contributed by atoms with E-state index in [1.807, 2.05) is 12.3 Å². The molecule has 7 heteroatoms. The normalized spacial score (nSPS) is 17.0. The fourth-order valence-electron chi connectivity index (χ4n) is 3.19. The highest BCUT2D eigenvalue weighted by atomic mass is 19.4. The van der Waals surface area contributed by atoms with E-state index in [2.05, 4.69) is 25.6 Å². The quantitative estimate of drug-likeness (QED) is 0.808. The van der Waals surface area contributed by atoms with Crippen molar-refractivity contribution in [2.24, 2.45) is 0 Å². The summed E-state index contributed by atoms with van der Waals surface area (Å²) in [5.41, 5.74) is 1.73. The lowest BCUT2D eigenvalue weighted by atomic mass is 10.2. The number of pyridine rings is 1. The lowest BCUT2D eigenvalue weighted by Crippen LogP contribution is -2.30. The van der Waals surface area contributed by atoms with Gasteiger partial charge in [0.15, 0.2) is 0 Å². The third-order valence-corrected chi connectivity index (χ3v) is 4.40. The van der Waals surface area contributed by atoms with E-state index < -0.39 is 6.36 Å². The van der Waals surface area contributed by atoms with Crippen LogP contribution in [-0.4, -0.2) is 47.3 Å². The molecule has 4 nitrogen and oxygen atoms in total. The van der Waals surface area contributed by atoms with Crippen molar-refractivity contribution < 1.29 is 17.9 Å². The Morgan fingerprint density at radius 3 is 2.35 bits per heavy atom. The van der Waals surface area contributed by atoms with E-state index >= 15 is 0 Å². The Morgan fingerprint density at radius 2 is 1.65 bits per heavy atom. The summed E-state index contributed by atoms with van der Waals surface area (Å²) in [6.07, 6.45) is -0.0700. The number of hydrogen-bond acceptors (Lipinski definition) is 4. The first-order valence-electron chi connectivity index (χ1n) is 8.67. The molecule has 2 heterocycles. The second-order valence-electron chi connectivity index (χ2n) is 6.42. The molecule has 0 bridgehead atoms. The van der Waals surface area contributed by atoms with Crippen molar-refractivity contribution in [1.29, 1.82) is 0 Å². The van der Waals surface area contributed by atoms with Crippen LogP contribution >= 0.6 is 0 Å². The molecule has 140 valence electrons. The SMILES string of the molecule is FC(F)(F)Oc1ccccc1CN1CCCN(Cc2cccnc2)CC1. The van der Waals surface area contributed by atoms with Crippen LogP contribution in [0.3, 0.4) is 0 Å². The van der Waals surface area contributed by atoms with Crippen LogP contribution in [0.15, 0.2) is 48.8 Å². The van der Waals surface area contributed by atoms with E-state index in [9.17, 15) is 13.2 Å². The zero-order valence-corrected chi connectivity index (χ0v) is 14.5. The van der Waals surface area contributed by atoms with Crippen LogP contribution in [0.4, 0.5) is 13.2 Å². The third kappa shape index (κ3) is 5.71. The maximum atomic E-state index is 12.6. The highest BCUT2D eigenvalue weighted by Gasteiger charge is 2.32. The molecule has 26 heavy (non-hydrogen) atoms. The fourth-order valence-corrected chi connectivity index (χ4v) is 3.19. The van der Waals surface area contributed by atoms with Crippen LogP contribution in [0, 0.1) is 0 Å². The van der Waals surface area contributed by atoms with Crippen molar-refractivity contribution in [2.75, 3.05) is 26.2 Å². The standard InChI is InChI=1S/C19H22F3N3O/c20-19(21,22)26-18-7-2-1-6-17(18)15-25-10-4-9-24(11-12-25)14-16-5-3-8-23-13-16/h1-3,5-8,13H,4,9-12,14-15H2. The van der Waals surface area contributed by atoms with Gasteiger partial charge in [0.25, 0.3) is 0 Å². The Balaban J connectivity index is 1.58. The van der Waals surface area contributed by atoms with Crippen LogP contribution in [0.25, 0.3) is 0 Å². The molecule has 0 spiro atoms. The van der Waals surface area contributed by atoms with Crippen molar-refractivity contribution in [3.8, 4) is 5.75 Å². The van der Waals surface area contributed by atoms with Gasteiger partial charge < -0.3 is 4.74 Å². The number of rotatable bonds is 5. The number of alkyl halides is 3. The van der Waals surface area contributed by atoms with E-state index in [0.717, 1.165) is 39.1 Å². The summed E-state index contributed by atoms with van der Waals surface area (Å²) in [4.78, 5) is 8.68. The van der Waals surface area contributed by atoms with Gasteiger partial charge >= 0.3 is 6.36 Å². The molecule has 0 radical (unpaired) electrons. The molecule has 0 N–H and O–H groups in total. The molecule has 1 aliphatic rings. The predicted octanol–water partition coefficient (Wildman–Crippen LogP) is 3.69. The average molecular weight is 365 g/mol. The largest absolute Gasteiger partial charge is 0.573 e. The first-order valence-corrected chi connectivity index (χ1v) is 8.67. The molecular weight excluding hydrogens is 343 g/mol. The predicted molar refractivity (Wildman–Crippen MR) is 92.5 cm³/mol. The topological polar surface area (TPSA) is 28.6 Å². The number of hydrogen-bond donors (Lipinski definition) is 0. The summed E-state index contributed by atoms with van der Waals surface area (Å²) in [6.45, 7) is 4.79. The number of benzene rings is 1. The van der Waals surface area contributed by atoms with Gasteiger partial charge in [-0.2, -0.15) is 0 Å². The Labute approximate surface area is 151 Å². The second-order valence-corrected chi connectivity index (χ2v) is 6.42. The Bertz CT molecular complexity index is 694. The van der Waals surface area contributed by atoms with Gasteiger partial charge in [-0.1, -0.05) is 24.3 Å². The first-order chi connectivity index (χ1) is 12.5. The molecule has 1 aromatic carbocycles. The van der Waals surface area contributed by atoms with Crippen LogP contribution < -0.4 is 4.74 Å². The minimum absolute atomic E-state index is 0.114. The smallest absolute Gasteiger partial charge is 0.405 e. The molecule has 0 unspecified atom stereocenters. The van der Waals surface area contributed by atoms with E-state index in [4.69, 9.17) is 0 Å². The molecule has 2 aromatic rings. The Morgan fingerprint density at radius 1 is 0.923 bits per heavy atom. The molecule has 0 atom stereocenters. The third-order valence-electron chi connectivity index (χ3n) is 4.40. The first kappa shape index (κ1) is 18.7. The molecule has 0 amide bonds. The van der Waals surface area contributed by atoms with Gasteiger partial charge in [-0.25, -0.2) is 0 Å². The monoisotopic (exact) mass is 365 g/mol. The summed E-state index contributed by atoms with van der Waals surface area (Å²) in [5, 5.41) is 0. The summed E-state index contributed by atoms with van der Waals surface area (Å²) >= 11 is 0. The number of nitrogens with zero attached hydrogens (tertiary/aromatic N) is 3. The average Bonchev–Trinajstić information content (AvgIpc) is 2.82. The molecule has 0 aliphatic carbocycles. The molecular formula is C19H22F3N3O. The van der Waals surface area contributed by atoms with Crippen LogP contribution in [0.2, 0.25) is 0 Å². The van der Waals surface area contributed by atoms with Gasteiger partial charge in [0.2, 0.25) is 0 Å². The number of halogens is 3. The molecule has 1 fully saturated rings. The van der Waals surface area contributed by atoms with Crippen LogP contribution in [-0.2, 0) is 13.1 Å².